The van der Waals surface area contributed by atoms with Crippen LogP contribution in [-0.2, 0) is 11.2 Å². The molecular weight excluding hydrogens is 190 g/mol. The van der Waals surface area contributed by atoms with Gasteiger partial charge in [0.05, 0.1) is 0 Å². The van der Waals surface area contributed by atoms with Crippen LogP contribution in [0.15, 0.2) is 36.4 Å². The third kappa shape index (κ3) is 3.13. The van der Waals surface area contributed by atoms with E-state index in [0.717, 1.165) is 11.3 Å². The Morgan fingerprint density at radius 1 is 1.33 bits per heavy atom. The van der Waals surface area contributed by atoms with E-state index >= 15 is 0 Å². The normalized spacial score (nSPS) is 9.73. The summed E-state index contributed by atoms with van der Waals surface area (Å²) in [6.45, 7) is 3.50. The van der Waals surface area contributed by atoms with Gasteiger partial charge >= 0.3 is 5.97 Å². The second-order valence-electron chi connectivity index (χ2n) is 3.65. The van der Waals surface area contributed by atoms with Crippen LogP contribution < -0.4 is 4.90 Å². The van der Waals surface area contributed by atoms with Crippen molar-refractivity contribution in [2.45, 2.75) is 6.42 Å². The lowest BCUT2D eigenvalue weighted by Crippen LogP contribution is -2.08. The van der Waals surface area contributed by atoms with Gasteiger partial charge in [-0.2, -0.15) is 0 Å². The maximum Gasteiger partial charge on any atom is 0.331 e. The highest BCUT2D eigenvalue weighted by molar-refractivity contribution is 5.86. The molecule has 0 amide bonds. The molecule has 15 heavy (non-hydrogen) atoms. The standard InChI is InChI=1S/C12H15NO2/c1-9(12(14)15)8-10-4-6-11(7-5-10)13(2)3/h4-7H,1,8H2,2-3H3,(H,14,15). The van der Waals surface area contributed by atoms with Gasteiger partial charge in [-0.15, -0.1) is 0 Å². The van der Waals surface area contributed by atoms with Crippen LogP contribution in [0.1, 0.15) is 5.56 Å². The van der Waals surface area contributed by atoms with Crippen LogP contribution in [0.2, 0.25) is 0 Å². The van der Waals surface area contributed by atoms with Crippen molar-refractivity contribution < 1.29 is 9.90 Å². The molecule has 0 saturated heterocycles. The SMILES string of the molecule is C=C(Cc1ccc(N(C)C)cc1)C(=O)O. The summed E-state index contributed by atoms with van der Waals surface area (Å²) in [7, 11) is 3.93. The fourth-order valence-corrected chi connectivity index (χ4v) is 1.23. The molecule has 0 aromatic heterocycles. The van der Waals surface area contributed by atoms with Gasteiger partial charge in [0, 0.05) is 31.8 Å². The average Bonchev–Trinajstić information content (AvgIpc) is 2.18. The van der Waals surface area contributed by atoms with Crippen molar-refractivity contribution in [1.29, 1.82) is 0 Å². The quantitative estimate of drug-likeness (QED) is 0.763. The molecule has 0 atom stereocenters. The summed E-state index contributed by atoms with van der Waals surface area (Å²) >= 11 is 0. The summed E-state index contributed by atoms with van der Waals surface area (Å²) in [5, 5.41) is 8.68. The predicted octanol–water partition coefficient (Wildman–Crippen LogP) is 1.94. The Morgan fingerprint density at radius 3 is 2.27 bits per heavy atom. The van der Waals surface area contributed by atoms with E-state index in [9.17, 15) is 4.79 Å². The van der Waals surface area contributed by atoms with E-state index < -0.39 is 5.97 Å². The fourth-order valence-electron chi connectivity index (χ4n) is 1.23. The molecule has 0 bridgehead atoms. The van der Waals surface area contributed by atoms with E-state index in [4.69, 9.17) is 5.11 Å². The minimum Gasteiger partial charge on any atom is -0.478 e. The Morgan fingerprint density at radius 2 is 1.87 bits per heavy atom. The van der Waals surface area contributed by atoms with Crippen molar-refractivity contribution in [3.05, 3.63) is 42.0 Å². The molecule has 0 aliphatic heterocycles. The first-order valence-corrected chi connectivity index (χ1v) is 4.68. The molecule has 0 aliphatic carbocycles. The first kappa shape index (κ1) is 11.3. The van der Waals surface area contributed by atoms with E-state index in [0.29, 0.717) is 6.42 Å². The van der Waals surface area contributed by atoms with Crippen molar-refractivity contribution in [2.24, 2.45) is 0 Å². The van der Waals surface area contributed by atoms with Crippen molar-refractivity contribution in [1.82, 2.24) is 0 Å². The summed E-state index contributed by atoms with van der Waals surface area (Å²) in [5.74, 6) is -0.938. The van der Waals surface area contributed by atoms with E-state index in [1.807, 2.05) is 43.3 Å². The zero-order valence-electron chi connectivity index (χ0n) is 9.03. The number of carbonyl (C=O) groups is 1. The average molecular weight is 205 g/mol. The van der Waals surface area contributed by atoms with Gasteiger partial charge in [0.25, 0.3) is 0 Å². The lowest BCUT2D eigenvalue weighted by molar-refractivity contribution is -0.132. The predicted molar refractivity (Wildman–Crippen MR) is 61.2 cm³/mol. The minimum atomic E-state index is -0.938. The van der Waals surface area contributed by atoms with Crippen LogP contribution in [-0.4, -0.2) is 25.2 Å². The number of hydrogen-bond acceptors (Lipinski definition) is 2. The molecule has 0 spiro atoms. The number of nitrogens with zero attached hydrogens (tertiary/aromatic N) is 1. The van der Waals surface area contributed by atoms with Gasteiger partial charge in [0.15, 0.2) is 0 Å². The van der Waals surface area contributed by atoms with E-state index in [1.165, 1.54) is 0 Å². The molecule has 0 heterocycles. The summed E-state index contributed by atoms with van der Waals surface area (Å²) in [6, 6.07) is 7.77. The lowest BCUT2D eigenvalue weighted by Gasteiger charge is -2.12. The summed E-state index contributed by atoms with van der Waals surface area (Å²) in [6.07, 6.45) is 0.392. The summed E-state index contributed by atoms with van der Waals surface area (Å²) < 4.78 is 0. The van der Waals surface area contributed by atoms with Gasteiger partial charge in [0.2, 0.25) is 0 Å². The highest BCUT2D eigenvalue weighted by Gasteiger charge is 2.05. The lowest BCUT2D eigenvalue weighted by atomic mass is 10.1. The van der Waals surface area contributed by atoms with Crippen molar-refractivity contribution in [3.8, 4) is 0 Å². The molecule has 0 radical (unpaired) electrons. The molecule has 3 nitrogen and oxygen atoms in total. The van der Waals surface area contributed by atoms with Crippen molar-refractivity contribution >= 4 is 11.7 Å². The van der Waals surface area contributed by atoms with Gasteiger partial charge in [-0.05, 0) is 17.7 Å². The third-order valence-corrected chi connectivity index (χ3v) is 2.17. The third-order valence-electron chi connectivity index (χ3n) is 2.17. The molecule has 1 aromatic rings. The van der Waals surface area contributed by atoms with E-state index in [2.05, 4.69) is 6.58 Å². The van der Waals surface area contributed by atoms with Crippen molar-refractivity contribution in [3.63, 3.8) is 0 Å². The maximum atomic E-state index is 10.6. The monoisotopic (exact) mass is 205 g/mol. The Labute approximate surface area is 89.6 Å². The molecule has 0 fully saturated rings. The van der Waals surface area contributed by atoms with E-state index in [1.54, 1.807) is 0 Å². The summed E-state index contributed by atoms with van der Waals surface area (Å²) in [5.41, 5.74) is 2.28. The summed E-state index contributed by atoms with van der Waals surface area (Å²) in [4.78, 5) is 12.6. The highest BCUT2D eigenvalue weighted by Crippen LogP contribution is 2.14. The Hall–Kier alpha value is -1.77. The molecule has 0 unspecified atom stereocenters. The number of benzene rings is 1. The molecule has 0 aliphatic rings. The van der Waals surface area contributed by atoms with Gasteiger partial charge in [0.1, 0.15) is 0 Å². The number of carboxylic acid groups (broad SMARTS) is 1. The molecular formula is C12H15NO2. The van der Waals surface area contributed by atoms with Crippen LogP contribution in [0.5, 0.6) is 0 Å². The van der Waals surface area contributed by atoms with Gasteiger partial charge in [-0.25, -0.2) is 4.79 Å². The van der Waals surface area contributed by atoms with Crippen LogP contribution in [0.3, 0.4) is 0 Å². The van der Waals surface area contributed by atoms with Crippen LogP contribution >= 0.6 is 0 Å². The number of anilines is 1. The van der Waals surface area contributed by atoms with Crippen LogP contribution in [0, 0.1) is 0 Å². The van der Waals surface area contributed by atoms with Crippen LogP contribution in [0.25, 0.3) is 0 Å². The largest absolute Gasteiger partial charge is 0.478 e. The number of hydrogen-bond donors (Lipinski definition) is 1. The smallest absolute Gasteiger partial charge is 0.331 e. The second kappa shape index (κ2) is 4.64. The highest BCUT2D eigenvalue weighted by atomic mass is 16.4. The second-order valence-corrected chi connectivity index (χ2v) is 3.65. The Kier molecular flexibility index (Phi) is 3.50. The Bertz CT molecular complexity index is 366. The number of carboxylic acids is 1. The maximum absolute atomic E-state index is 10.6. The molecule has 0 saturated carbocycles. The molecule has 3 heteroatoms. The van der Waals surface area contributed by atoms with Crippen molar-refractivity contribution in [2.75, 3.05) is 19.0 Å². The van der Waals surface area contributed by atoms with Gasteiger partial charge < -0.3 is 10.0 Å². The topological polar surface area (TPSA) is 40.5 Å². The molecule has 1 rings (SSSR count). The van der Waals surface area contributed by atoms with Gasteiger partial charge in [-0.3, -0.25) is 0 Å². The zero-order valence-corrected chi connectivity index (χ0v) is 9.03. The van der Waals surface area contributed by atoms with Gasteiger partial charge in [-0.1, -0.05) is 18.7 Å². The zero-order chi connectivity index (χ0) is 11.4. The van der Waals surface area contributed by atoms with E-state index in [-0.39, 0.29) is 5.57 Å². The molecule has 1 N–H and O–H groups in total. The fraction of sp³-hybridized carbons (Fsp3) is 0.250. The number of rotatable bonds is 4. The number of aliphatic carboxylic acids is 1. The molecule has 80 valence electrons. The van der Waals surface area contributed by atoms with Crippen LogP contribution in [0.4, 0.5) is 5.69 Å². The minimum absolute atomic E-state index is 0.215. The molecule has 1 aromatic carbocycles. The Balaban J connectivity index is 2.73. The first-order chi connectivity index (χ1) is 7.00. The first-order valence-electron chi connectivity index (χ1n) is 4.68.